The summed E-state index contributed by atoms with van der Waals surface area (Å²) >= 11 is 7.97. The Balaban J connectivity index is 0.700. The number of aryl methyl sites for hydroxylation is 2. The van der Waals surface area contributed by atoms with E-state index in [1.54, 1.807) is 39.1 Å². The molecule has 4 aromatic heterocycles. The fourth-order valence-corrected chi connectivity index (χ4v) is 14.0. The number of benzene rings is 3. The van der Waals surface area contributed by atoms with Crippen molar-refractivity contribution in [3.63, 3.8) is 0 Å². The van der Waals surface area contributed by atoms with Gasteiger partial charge in [0.25, 0.3) is 0 Å². The number of carbonyl (C=O) groups is 6. The van der Waals surface area contributed by atoms with Crippen molar-refractivity contribution in [3.05, 3.63) is 111 Å². The fraction of sp³-hybridized carbons (Fsp3) is 0.421. The number of quaternary nitrogens is 1. The maximum Gasteiger partial charge on any atom is 0.339 e. The van der Waals surface area contributed by atoms with Gasteiger partial charge in [0.15, 0.2) is 5.82 Å². The van der Waals surface area contributed by atoms with Crippen LogP contribution in [-0.2, 0) is 35.3 Å². The first-order chi connectivity index (χ1) is 38.5. The highest BCUT2D eigenvalue weighted by Crippen LogP contribution is 2.44. The number of amides is 5. The second-order valence-electron chi connectivity index (χ2n) is 21.9. The van der Waals surface area contributed by atoms with Crippen LogP contribution in [0.2, 0.25) is 5.02 Å². The van der Waals surface area contributed by atoms with E-state index in [-0.39, 0.29) is 59.5 Å². The van der Waals surface area contributed by atoms with Crippen LogP contribution in [-0.4, -0.2) is 143 Å². The number of halogens is 2. The van der Waals surface area contributed by atoms with E-state index in [1.807, 2.05) is 57.7 Å². The van der Waals surface area contributed by atoms with Crippen molar-refractivity contribution in [2.24, 2.45) is 16.8 Å². The van der Waals surface area contributed by atoms with Crippen molar-refractivity contribution >= 4 is 86.0 Å². The summed E-state index contributed by atoms with van der Waals surface area (Å²) in [6.45, 7) is 7.63. The van der Waals surface area contributed by atoms with E-state index in [4.69, 9.17) is 31.9 Å². The number of aromatic nitrogens is 7. The zero-order valence-electron chi connectivity index (χ0n) is 44.6. The predicted octanol–water partition coefficient (Wildman–Crippen LogP) is 6.44. The highest BCUT2D eigenvalue weighted by molar-refractivity contribution is 7.15. The minimum Gasteiger partial charge on any atom is -0.480 e. The van der Waals surface area contributed by atoms with Gasteiger partial charge in [-0.1, -0.05) is 40.7 Å². The number of piperidine rings is 3. The third-order valence-electron chi connectivity index (χ3n) is 17.1. The molecule has 4 bridgehead atoms. The van der Waals surface area contributed by atoms with Gasteiger partial charge in [0, 0.05) is 88.2 Å². The summed E-state index contributed by atoms with van der Waals surface area (Å²) < 4.78 is 19.9. The molecule has 3 N–H and O–H groups in total. The number of likely N-dealkylation sites (tertiary alicyclic amines) is 2. The van der Waals surface area contributed by atoms with Crippen LogP contribution in [0.25, 0.3) is 37.9 Å². The molecule has 23 heteroatoms. The van der Waals surface area contributed by atoms with Crippen molar-refractivity contribution in [3.8, 4) is 16.1 Å². The quantitative estimate of drug-likeness (QED) is 0.113. The number of aliphatic imine (C=N–C) groups is 1. The Morgan fingerprint density at radius 3 is 2.29 bits per heavy atom. The van der Waals surface area contributed by atoms with E-state index in [0.29, 0.717) is 127 Å². The second-order valence-corrected chi connectivity index (χ2v) is 23.5. The van der Waals surface area contributed by atoms with Gasteiger partial charge in [-0.3, -0.25) is 38.2 Å². The molecule has 3 aromatic carbocycles. The van der Waals surface area contributed by atoms with Crippen LogP contribution in [0.1, 0.15) is 102 Å². The molecule has 20 nitrogen and oxygen atoms in total. The third kappa shape index (κ3) is 9.52. The van der Waals surface area contributed by atoms with Crippen LogP contribution >= 0.6 is 22.9 Å². The molecule has 0 aliphatic carbocycles. The van der Waals surface area contributed by atoms with E-state index in [9.17, 15) is 24.0 Å². The smallest absolute Gasteiger partial charge is 0.339 e. The zero-order chi connectivity index (χ0) is 55.7. The van der Waals surface area contributed by atoms with Crippen molar-refractivity contribution in [1.29, 1.82) is 0 Å². The Labute approximate surface area is 468 Å². The van der Waals surface area contributed by atoms with E-state index in [0.717, 1.165) is 38.1 Å². The lowest BCUT2D eigenvalue weighted by Gasteiger charge is -2.41. The van der Waals surface area contributed by atoms with Gasteiger partial charge in [0.2, 0.25) is 23.6 Å². The molecule has 13 rings (SSSR count). The Morgan fingerprint density at radius 2 is 1.55 bits per heavy atom. The molecular weight excluding hydrogens is 1070 g/mol. The van der Waals surface area contributed by atoms with Gasteiger partial charge in [-0.15, -0.1) is 31.2 Å². The standard InChI is InChI=1S/C57H59ClFN13O7S/c1-31-32(2)80-57-51(31)53(35-7-9-39(58)10-8-35)63-43(55-65-64-33(3)70(55)57)26-48(75)67-19-13-37(14-20-67)56(79)68-17-11-34(12-18-68)23-49(76)72-21-15-36(16-22-72)54-52-40(41-25-45-38(24-42(41)59)27-62-71(45)72)5-4-6-44(52)69(66-54)30-47(74)60-28-46(73)61-29-50(77)78/h4-10,24-25,27,34,36-37,43H,11-23,26,28-30H2,1-3H3,(H2-,60,61,73,74,77,78)/p+1/t36?,43-,72?/m0/s1. The average molecular weight is 1130 g/mol. The van der Waals surface area contributed by atoms with Crippen molar-refractivity contribution < 1.29 is 38.3 Å². The van der Waals surface area contributed by atoms with Gasteiger partial charge in [-0.25, -0.2) is 9.18 Å². The summed E-state index contributed by atoms with van der Waals surface area (Å²) in [6.07, 6.45) is 5.51. The van der Waals surface area contributed by atoms with Gasteiger partial charge in [-0.2, -0.15) is 5.10 Å². The van der Waals surface area contributed by atoms with Crippen LogP contribution in [0, 0.1) is 38.4 Å². The highest BCUT2D eigenvalue weighted by atomic mass is 35.5. The molecule has 0 spiro atoms. The summed E-state index contributed by atoms with van der Waals surface area (Å²) in [7, 11) is 0. The first kappa shape index (κ1) is 53.0. The minimum absolute atomic E-state index is 0.00468. The lowest BCUT2D eigenvalue weighted by Crippen LogP contribution is -2.66. The Hall–Kier alpha value is -7.69. The molecule has 80 heavy (non-hydrogen) atoms. The first-order valence-corrected chi connectivity index (χ1v) is 28.5. The number of carboxylic acid groups (broad SMARTS) is 1. The largest absolute Gasteiger partial charge is 0.480 e. The summed E-state index contributed by atoms with van der Waals surface area (Å²) in [5, 5.41) is 35.3. The number of hydrogen-bond acceptors (Lipinski definition) is 12. The molecule has 414 valence electrons. The molecule has 3 fully saturated rings. The Bertz CT molecular complexity index is 3710. The molecule has 0 unspecified atom stereocenters. The lowest BCUT2D eigenvalue weighted by atomic mass is 9.87. The fourth-order valence-electron chi connectivity index (χ4n) is 12.7. The monoisotopic (exact) mass is 1120 g/mol. The predicted molar refractivity (Wildman–Crippen MR) is 297 cm³/mol. The van der Waals surface area contributed by atoms with Crippen LogP contribution in [0.15, 0.2) is 65.8 Å². The number of aliphatic carboxylic acids is 1. The Kier molecular flexibility index (Phi) is 14.0. The number of rotatable bonds is 12. The number of carboxylic acids is 1. The molecule has 6 aliphatic heterocycles. The lowest BCUT2D eigenvalue weighted by molar-refractivity contribution is -0.144. The number of nitrogens with one attached hydrogen (secondary N) is 2. The highest BCUT2D eigenvalue weighted by Gasteiger charge is 2.48. The number of fused-ring (bicyclic) bond motifs is 5. The van der Waals surface area contributed by atoms with E-state index in [2.05, 4.69) is 34.7 Å². The van der Waals surface area contributed by atoms with Crippen molar-refractivity contribution in [2.75, 3.05) is 52.4 Å². The zero-order valence-corrected chi connectivity index (χ0v) is 46.2. The van der Waals surface area contributed by atoms with Crippen LogP contribution in [0.5, 0.6) is 0 Å². The van der Waals surface area contributed by atoms with Gasteiger partial charge in [0.1, 0.15) is 54.4 Å². The molecule has 1 atom stereocenters. The van der Waals surface area contributed by atoms with Crippen molar-refractivity contribution in [2.45, 2.75) is 90.6 Å². The average Bonchev–Trinajstić information content (AvgIpc) is 3.91. The van der Waals surface area contributed by atoms with E-state index in [1.165, 1.54) is 6.07 Å². The minimum atomic E-state index is -1.21. The molecule has 5 amide bonds. The van der Waals surface area contributed by atoms with Gasteiger partial charge >= 0.3 is 11.9 Å². The normalized spacial score (nSPS) is 20.0. The summed E-state index contributed by atoms with van der Waals surface area (Å²) in [5.74, 6) is -1.81. The summed E-state index contributed by atoms with van der Waals surface area (Å²) in [6, 6.07) is 15.7. The van der Waals surface area contributed by atoms with Crippen molar-refractivity contribution in [1.82, 2.24) is 59.5 Å². The van der Waals surface area contributed by atoms with Gasteiger partial charge in [0.05, 0.1) is 42.5 Å². The second kappa shape index (κ2) is 21.1. The molecule has 7 aromatic rings. The SMILES string of the molecule is Cc1sc2c(c1C)C(c1ccc(Cl)cc1)=N[C@@H](CC(=O)N1CCC(C(=O)N3CCC(CC(=O)[N+]45CCC(CC4)c4nn(CC(=O)NCC(=O)NCC(=O)O)c6cccc(c46)-c4cc6c(cnn65)cc4F)CC3)CC1)c1nnc(C)n1-2. The topological polar surface area (TPSA) is 232 Å². The summed E-state index contributed by atoms with van der Waals surface area (Å²) in [4.78, 5) is 91.8. The molecule has 0 radical (unpaired) electrons. The number of nitrogens with zero attached hydrogens (tertiary/aromatic N) is 11. The van der Waals surface area contributed by atoms with E-state index >= 15 is 9.18 Å². The third-order valence-corrected chi connectivity index (χ3v) is 18.6. The number of hydrogen-bond donors (Lipinski definition) is 3. The van der Waals surface area contributed by atoms with Gasteiger partial charge < -0.3 is 25.5 Å². The molecule has 10 heterocycles. The molecular formula is C57H60ClFN13O7S+. The number of thiophene rings is 1. The summed E-state index contributed by atoms with van der Waals surface area (Å²) in [5.41, 5.74) is 6.63. The Morgan fingerprint density at radius 1 is 0.825 bits per heavy atom. The maximum atomic E-state index is 16.3. The van der Waals surface area contributed by atoms with Crippen LogP contribution in [0.4, 0.5) is 4.39 Å². The van der Waals surface area contributed by atoms with Gasteiger partial charge in [-0.05, 0) is 93.8 Å². The maximum absolute atomic E-state index is 16.3. The van der Waals surface area contributed by atoms with E-state index < -0.39 is 42.7 Å². The first-order valence-electron chi connectivity index (χ1n) is 27.3. The molecule has 0 saturated carbocycles. The molecule has 3 saturated heterocycles. The molecule has 6 aliphatic rings. The van der Waals surface area contributed by atoms with Crippen LogP contribution < -0.4 is 15.2 Å². The number of carbonyl (C=O) groups excluding carboxylic acids is 5. The van der Waals surface area contributed by atoms with Crippen LogP contribution in [0.3, 0.4) is 0 Å².